The summed E-state index contributed by atoms with van der Waals surface area (Å²) in [7, 11) is -0.735. The molecule has 0 radical (unpaired) electrons. The van der Waals surface area contributed by atoms with Crippen molar-refractivity contribution in [1.29, 1.82) is 0 Å². The number of carbonyl (C=O) groups is 1. The van der Waals surface area contributed by atoms with Gasteiger partial charge in [0.25, 0.3) is 5.91 Å². The largest absolute Gasteiger partial charge is 0.337 e. The third-order valence-electron chi connectivity index (χ3n) is 3.88. The third kappa shape index (κ3) is 4.21. The van der Waals surface area contributed by atoms with E-state index in [4.69, 9.17) is 4.52 Å². The standard InChI is InChI=1S/C18H18N4O4S/c1-19-27(24,25)15-10-6-9-14(11-15)18(23)22(2)12-16-20-17(21-26-16)13-7-4-3-5-8-13/h3-11,19H,12H2,1-2H3. The second kappa shape index (κ2) is 7.68. The van der Waals surface area contributed by atoms with Crippen molar-refractivity contribution in [2.45, 2.75) is 11.4 Å². The van der Waals surface area contributed by atoms with Crippen LogP contribution in [0.2, 0.25) is 0 Å². The maximum Gasteiger partial charge on any atom is 0.254 e. The first-order valence-corrected chi connectivity index (χ1v) is 9.56. The highest BCUT2D eigenvalue weighted by Gasteiger charge is 2.19. The van der Waals surface area contributed by atoms with Gasteiger partial charge >= 0.3 is 0 Å². The van der Waals surface area contributed by atoms with E-state index in [9.17, 15) is 13.2 Å². The van der Waals surface area contributed by atoms with E-state index in [1.165, 1.54) is 30.1 Å². The number of nitrogens with one attached hydrogen (secondary N) is 1. The van der Waals surface area contributed by atoms with E-state index >= 15 is 0 Å². The second-order valence-electron chi connectivity index (χ2n) is 5.77. The summed E-state index contributed by atoms with van der Waals surface area (Å²) in [6.07, 6.45) is 0. The molecule has 140 valence electrons. The van der Waals surface area contributed by atoms with Gasteiger partial charge in [-0.25, -0.2) is 13.1 Å². The van der Waals surface area contributed by atoms with Gasteiger partial charge in [0, 0.05) is 18.2 Å². The van der Waals surface area contributed by atoms with Crippen molar-refractivity contribution < 1.29 is 17.7 Å². The Balaban J connectivity index is 1.75. The molecular formula is C18H18N4O4S. The molecule has 0 spiro atoms. The summed E-state index contributed by atoms with van der Waals surface area (Å²) in [5, 5.41) is 3.92. The Hall–Kier alpha value is -3.04. The Labute approximate surface area is 156 Å². The number of hydrogen-bond acceptors (Lipinski definition) is 6. The lowest BCUT2D eigenvalue weighted by molar-refractivity contribution is 0.0769. The summed E-state index contributed by atoms with van der Waals surface area (Å²) in [4.78, 5) is 18.3. The molecule has 1 aromatic heterocycles. The molecule has 3 rings (SSSR count). The molecule has 27 heavy (non-hydrogen) atoms. The summed E-state index contributed by atoms with van der Waals surface area (Å²) < 4.78 is 31.2. The smallest absolute Gasteiger partial charge is 0.254 e. The topological polar surface area (TPSA) is 105 Å². The molecule has 3 aromatic rings. The van der Waals surface area contributed by atoms with Crippen LogP contribution in [-0.4, -0.2) is 43.5 Å². The molecule has 8 nitrogen and oxygen atoms in total. The summed E-state index contributed by atoms with van der Waals surface area (Å²) in [5.41, 5.74) is 1.06. The van der Waals surface area contributed by atoms with Gasteiger partial charge in [0.1, 0.15) is 0 Å². The van der Waals surface area contributed by atoms with Crippen molar-refractivity contribution in [3.05, 3.63) is 66.1 Å². The SMILES string of the molecule is CNS(=O)(=O)c1cccc(C(=O)N(C)Cc2nc(-c3ccccc3)no2)c1. The van der Waals surface area contributed by atoms with Crippen molar-refractivity contribution in [1.82, 2.24) is 19.8 Å². The predicted octanol–water partition coefficient (Wildman–Crippen LogP) is 1.92. The van der Waals surface area contributed by atoms with Crippen molar-refractivity contribution in [3.63, 3.8) is 0 Å². The maximum atomic E-state index is 12.6. The van der Waals surface area contributed by atoms with Gasteiger partial charge in [0.05, 0.1) is 11.4 Å². The second-order valence-corrected chi connectivity index (χ2v) is 7.66. The normalized spacial score (nSPS) is 11.3. The molecular weight excluding hydrogens is 368 g/mol. The summed E-state index contributed by atoms with van der Waals surface area (Å²) in [6, 6.07) is 15.2. The van der Waals surface area contributed by atoms with Gasteiger partial charge in [-0.15, -0.1) is 0 Å². The zero-order chi connectivity index (χ0) is 19.4. The fraction of sp³-hybridized carbons (Fsp3) is 0.167. The minimum Gasteiger partial charge on any atom is -0.337 e. The van der Waals surface area contributed by atoms with E-state index in [0.29, 0.717) is 5.82 Å². The van der Waals surface area contributed by atoms with Crippen molar-refractivity contribution in [2.24, 2.45) is 0 Å². The van der Waals surface area contributed by atoms with E-state index in [1.54, 1.807) is 13.1 Å². The van der Waals surface area contributed by atoms with Gasteiger partial charge in [-0.3, -0.25) is 4.79 Å². The average molecular weight is 386 g/mol. The Kier molecular flexibility index (Phi) is 5.33. The first-order chi connectivity index (χ1) is 12.9. The molecule has 1 amide bonds. The lowest BCUT2D eigenvalue weighted by Gasteiger charge is -2.15. The van der Waals surface area contributed by atoms with Crippen LogP contribution in [0.3, 0.4) is 0 Å². The lowest BCUT2D eigenvalue weighted by atomic mass is 10.2. The molecule has 0 aliphatic rings. The number of rotatable bonds is 6. The summed E-state index contributed by atoms with van der Waals surface area (Å²) >= 11 is 0. The highest BCUT2D eigenvalue weighted by Crippen LogP contribution is 2.17. The Bertz CT molecular complexity index is 1050. The van der Waals surface area contributed by atoms with Crippen LogP contribution in [0, 0.1) is 0 Å². The minimum absolute atomic E-state index is 0.0217. The fourth-order valence-electron chi connectivity index (χ4n) is 2.43. The molecule has 0 unspecified atom stereocenters. The van der Waals surface area contributed by atoms with E-state index < -0.39 is 10.0 Å². The van der Waals surface area contributed by atoms with Crippen LogP contribution in [0.15, 0.2) is 64.0 Å². The molecule has 0 bridgehead atoms. The molecule has 0 saturated carbocycles. The zero-order valence-corrected chi connectivity index (χ0v) is 15.6. The molecule has 1 heterocycles. The van der Waals surface area contributed by atoms with E-state index in [0.717, 1.165) is 5.56 Å². The molecule has 0 aliphatic carbocycles. The Morgan fingerprint density at radius 2 is 1.89 bits per heavy atom. The van der Waals surface area contributed by atoms with Crippen LogP contribution < -0.4 is 4.72 Å². The van der Waals surface area contributed by atoms with Crippen LogP contribution in [0.4, 0.5) is 0 Å². The van der Waals surface area contributed by atoms with Crippen molar-refractivity contribution in [2.75, 3.05) is 14.1 Å². The lowest BCUT2D eigenvalue weighted by Crippen LogP contribution is -2.27. The minimum atomic E-state index is -3.63. The molecule has 1 N–H and O–H groups in total. The Morgan fingerprint density at radius 3 is 2.59 bits per heavy atom. The van der Waals surface area contributed by atoms with Crippen LogP contribution in [-0.2, 0) is 16.6 Å². The number of amides is 1. The first kappa shape index (κ1) is 18.7. The molecule has 0 fully saturated rings. The first-order valence-electron chi connectivity index (χ1n) is 8.08. The number of hydrogen-bond donors (Lipinski definition) is 1. The van der Waals surface area contributed by atoms with Gasteiger partial charge in [-0.05, 0) is 25.2 Å². The highest BCUT2D eigenvalue weighted by atomic mass is 32.2. The average Bonchev–Trinajstić information content (AvgIpc) is 3.16. The van der Waals surface area contributed by atoms with Gasteiger partial charge in [-0.2, -0.15) is 4.98 Å². The predicted molar refractivity (Wildman–Crippen MR) is 98.2 cm³/mol. The number of sulfonamides is 1. The number of nitrogens with zero attached hydrogens (tertiary/aromatic N) is 3. The Morgan fingerprint density at radius 1 is 1.15 bits per heavy atom. The van der Waals surface area contributed by atoms with Crippen LogP contribution >= 0.6 is 0 Å². The van der Waals surface area contributed by atoms with Crippen molar-refractivity contribution in [3.8, 4) is 11.4 Å². The van der Waals surface area contributed by atoms with Crippen LogP contribution in [0.25, 0.3) is 11.4 Å². The maximum absolute atomic E-state index is 12.6. The van der Waals surface area contributed by atoms with Gasteiger partial charge < -0.3 is 9.42 Å². The number of aromatic nitrogens is 2. The summed E-state index contributed by atoms with van der Waals surface area (Å²) in [6.45, 7) is 0.0989. The molecule has 0 aliphatic heterocycles. The van der Waals surface area contributed by atoms with Crippen molar-refractivity contribution >= 4 is 15.9 Å². The fourth-order valence-corrected chi connectivity index (χ4v) is 3.21. The van der Waals surface area contributed by atoms with E-state index in [1.807, 2.05) is 30.3 Å². The van der Waals surface area contributed by atoms with Gasteiger partial charge in [-0.1, -0.05) is 41.6 Å². The molecule has 0 atom stereocenters. The van der Waals surface area contributed by atoms with Crippen LogP contribution in [0.1, 0.15) is 16.2 Å². The quantitative estimate of drug-likeness (QED) is 0.694. The van der Waals surface area contributed by atoms with Crippen LogP contribution in [0.5, 0.6) is 0 Å². The summed E-state index contributed by atoms with van der Waals surface area (Å²) in [5.74, 6) is 0.361. The van der Waals surface area contributed by atoms with E-state index in [-0.39, 0.29) is 28.8 Å². The van der Waals surface area contributed by atoms with Gasteiger partial charge in [0.15, 0.2) is 0 Å². The molecule has 9 heteroatoms. The highest BCUT2D eigenvalue weighted by molar-refractivity contribution is 7.89. The molecule has 2 aromatic carbocycles. The molecule has 0 saturated heterocycles. The zero-order valence-electron chi connectivity index (χ0n) is 14.8. The van der Waals surface area contributed by atoms with E-state index in [2.05, 4.69) is 14.9 Å². The third-order valence-corrected chi connectivity index (χ3v) is 5.29. The number of benzene rings is 2. The monoisotopic (exact) mass is 386 g/mol. The van der Waals surface area contributed by atoms with Gasteiger partial charge in [0.2, 0.25) is 21.7 Å². The number of carbonyl (C=O) groups excluding carboxylic acids is 1.